The highest BCUT2D eigenvalue weighted by Gasteiger charge is 2.23. The average molecular weight is 240 g/mol. The second-order valence-electron chi connectivity index (χ2n) is 5.47. The predicted molar refractivity (Wildman–Crippen MR) is 72.1 cm³/mol. The Kier molecular flexibility index (Phi) is 4.51. The first-order chi connectivity index (χ1) is 7.40. The van der Waals surface area contributed by atoms with Crippen LogP contribution in [0.15, 0.2) is 5.38 Å². The molecule has 1 aromatic heterocycles. The fourth-order valence-corrected chi connectivity index (χ4v) is 2.95. The van der Waals surface area contributed by atoms with Gasteiger partial charge in [0.2, 0.25) is 0 Å². The van der Waals surface area contributed by atoms with Crippen LogP contribution in [0.2, 0.25) is 0 Å². The van der Waals surface area contributed by atoms with E-state index in [1.165, 1.54) is 17.1 Å². The quantitative estimate of drug-likeness (QED) is 0.867. The summed E-state index contributed by atoms with van der Waals surface area (Å²) in [4.78, 5) is 4.78. The minimum Gasteiger partial charge on any atom is -0.311 e. The third kappa shape index (κ3) is 3.05. The molecule has 0 aromatic carbocycles. The number of hydrogen-bond donors (Lipinski definition) is 1. The highest BCUT2D eigenvalue weighted by atomic mass is 32.1. The Morgan fingerprint density at radius 3 is 2.44 bits per heavy atom. The Labute approximate surface area is 103 Å². The van der Waals surface area contributed by atoms with E-state index in [1.807, 2.05) is 7.05 Å². The maximum Gasteiger partial charge on any atom is 0.110 e. The maximum absolute atomic E-state index is 4.78. The van der Waals surface area contributed by atoms with Crippen molar-refractivity contribution in [1.82, 2.24) is 10.3 Å². The van der Waals surface area contributed by atoms with Gasteiger partial charge in [-0.25, -0.2) is 4.98 Å². The molecule has 3 heteroatoms. The van der Waals surface area contributed by atoms with Crippen molar-refractivity contribution in [2.45, 2.75) is 52.5 Å². The van der Waals surface area contributed by atoms with Crippen LogP contribution in [0.1, 0.15) is 57.8 Å². The molecule has 1 heterocycles. The highest BCUT2D eigenvalue weighted by molar-refractivity contribution is 7.09. The van der Waals surface area contributed by atoms with E-state index in [-0.39, 0.29) is 5.41 Å². The van der Waals surface area contributed by atoms with Gasteiger partial charge in [0, 0.05) is 10.8 Å². The number of hydrogen-bond acceptors (Lipinski definition) is 3. The molecular formula is C13H24N2S. The third-order valence-corrected chi connectivity index (χ3v) is 4.01. The minimum atomic E-state index is 0.155. The Morgan fingerprint density at radius 2 is 2.06 bits per heavy atom. The zero-order chi connectivity index (χ0) is 12.3. The van der Waals surface area contributed by atoms with Gasteiger partial charge < -0.3 is 5.32 Å². The highest BCUT2D eigenvalue weighted by Crippen LogP contribution is 2.30. The Morgan fingerprint density at radius 1 is 1.44 bits per heavy atom. The van der Waals surface area contributed by atoms with Crippen LogP contribution in [0.3, 0.4) is 0 Å². The van der Waals surface area contributed by atoms with Crippen LogP contribution in [0.5, 0.6) is 0 Å². The van der Waals surface area contributed by atoms with Crippen LogP contribution in [0.25, 0.3) is 0 Å². The van der Waals surface area contributed by atoms with Gasteiger partial charge in [0.25, 0.3) is 0 Å². The van der Waals surface area contributed by atoms with Crippen molar-refractivity contribution in [3.63, 3.8) is 0 Å². The van der Waals surface area contributed by atoms with E-state index in [0.29, 0.717) is 12.0 Å². The summed E-state index contributed by atoms with van der Waals surface area (Å²) in [5, 5.41) is 6.80. The van der Waals surface area contributed by atoms with Crippen LogP contribution in [0, 0.1) is 5.92 Å². The van der Waals surface area contributed by atoms with Crippen molar-refractivity contribution in [1.29, 1.82) is 0 Å². The summed E-state index contributed by atoms with van der Waals surface area (Å²) in [5.41, 5.74) is 1.36. The molecule has 1 N–H and O–H groups in total. The van der Waals surface area contributed by atoms with E-state index in [4.69, 9.17) is 4.98 Å². The number of nitrogens with one attached hydrogen (secondary N) is 1. The van der Waals surface area contributed by atoms with E-state index in [9.17, 15) is 0 Å². The minimum absolute atomic E-state index is 0.155. The van der Waals surface area contributed by atoms with Gasteiger partial charge in [-0.2, -0.15) is 0 Å². The molecule has 92 valence electrons. The van der Waals surface area contributed by atoms with Gasteiger partial charge in [-0.15, -0.1) is 11.3 Å². The van der Waals surface area contributed by atoms with Gasteiger partial charge in [-0.05, 0) is 13.0 Å². The van der Waals surface area contributed by atoms with Gasteiger partial charge in [0.05, 0.1) is 11.7 Å². The molecular weight excluding hydrogens is 216 g/mol. The first kappa shape index (κ1) is 13.7. The van der Waals surface area contributed by atoms with Crippen LogP contribution in [-0.4, -0.2) is 12.0 Å². The largest absolute Gasteiger partial charge is 0.311 e. The van der Waals surface area contributed by atoms with Crippen molar-refractivity contribution in [2.75, 3.05) is 7.05 Å². The molecule has 0 saturated carbocycles. The standard InChI is InChI=1S/C13H24N2S/c1-7-9(2)11(14-6)12-15-10(8-16-12)13(3,4)5/h8-9,11,14H,7H2,1-6H3. The lowest BCUT2D eigenvalue weighted by atomic mass is 9.93. The summed E-state index contributed by atoms with van der Waals surface area (Å²) in [5.74, 6) is 0.629. The lowest BCUT2D eigenvalue weighted by Crippen LogP contribution is -2.23. The van der Waals surface area contributed by atoms with Crippen LogP contribution >= 0.6 is 11.3 Å². The topological polar surface area (TPSA) is 24.9 Å². The van der Waals surface area contributed by atoms with Crippen LogP contribution < -0.4 is 5.32 Å². The average Bonchev–Trinajstić information content (AvgIpc) is 2.67. The molecule has 0 saturated heterocycles. The number of aromatic nitrogens is 1. The summed E-state index contributed by atoms with van der Waals surface area (Å²) in [7, 11) is 2.02. The van der Waals surface area contributed by atoms with Gasteiger partial charge in [-0.3, -0.25) is 0 Å². The molecule has 0 aliphatic rings. The van der Waals surface area contributed by atoms with E-state index in [2.05, 4.69) is 45.3 Å². The van der Waals surface area contributed by atoms with Gasteiger partial charge >= 0.3 is 0 Å². The lowest BCUT2D eigenvalue weighted by Gasteiger charge is -2.20. The molecule has 0 aliphatic heterocycles. The van der Waals surface area contributed by atoms with Crippen molar-refractivity contribution in [2.24, 2.45) is 5.92 Å². The third-order valence-electron chi connectivity index (χ3n) is 3.08. The molecule has 0 fully saturated rings. The Bertz CT molecular complexity index is 325. The van der Waals surface area contributed by atoms with E-state index < -0.39 is 0 Å². The van der Waals surface area contributed by atoms with Crippen LogP contribution in [-0.2, 0) is 5.41 Å². The Hall–Kier alpha value is -0.410. The molecule has 1 aromatic rings. The second kappa shape index (κ2) is 5.28. The fraction of sp³-hybridized carbons (Fsp3) is 0.769. The molecule has 0 radical (unpaired) electrons. The molecule has 0 spiro atoms. The number of nitrogens with zero attached hydrogens (tertiary/aromatic N) is 1. The molecule has 0 bridgehead atoms. The van der Waals surface area contributed by atoms with Crippen LogP contribution in [0.4, 0.5) is 0 Å². The number of rotatable bonds is 4. The normalized spacial score (nSPS) is 16.1. The van der Waals surface area contributed by atoms with E-state index >= 15 is 0 Å². The summed E-state index contributed by atoms with van der Waals surface area (Å²) < 4.78 is 0. The van der Waals surface area contributed by atoms with E-state index in [1.54, 1.807) is 11.3 Å². The molecule has 2 unspecified atom stereocenters. The Balaban J connectivity index is 2.91. The first-order valence-corrected chi connectivity index (χ1v) is 6.91. The first-order valence-electron chi connectivity index (χ1n) is 6.03. The molecule has 1 rings (SSSR count). The van der Waals surface area contributed by atoms with Crippen molar-refractivity contribution in [3.05, 3.63) is 16.1 Å². The SMILES string of the molecule is CCC(C)C(NC)c1nc(C(C)(C)C)cs1. The fourth-order valence-electron chi connectivity index (χ4n) is 1.66. The number of thiazole rings is 1. The van der Waals surface area contributed by atoms with Crippen molar-refractivity contribution < 1.29 is 0 Å². The van der Waals surface area contributed by atoms with Gasteiger partial charge in [0.1, 0.15) is 5.01 Å². The molecule has 16 heavy (non-hydrogen) atoms. The van der Waals surface area contributed by atoms with Gasteiger partial charge in [0.15, 0.2) is 0 Å². The lowest BCUT2D eigenvalue weighted by molar-refractivity contribution is 0.397. The molecule has 0 amide bonds. The van der Waals surface area contributed by atoms with E-state index in [0.717, 1.165) is 0 Å². The summed E-state index contributed by atoms with van der Waals surface area (Å²) in [6, 6.07) is 0.395. The summed E-state index contributed by atoms with van der Waals surface area (Å²) >= 11 is 1.78. The monoisotopic (exact) mass is 240 g/mol. The molecule has 2 nitrogen and oxygen atoms in total. The molecule has 0 aliphatic carbocycles. The zero-order valence-electron chi connectivity index (χ0n) is 11.3. The molecule has 2 atom stereocenters. The smallest absolute Gasteiger partial charge is 0.110 e. The summed E-state index contributed by atoms with van der Waals surface area (Å²) in [6.07, 6.45) is 1.18. The predicted octanol–water partition coefficient (Wildman–Crippen LogP) is 3.75. The second-order valence-corrected chi connectivity index (χ2v) is 6.36. The summed E-state index contributed by atoms with van der Waals surface area (Å²) in [6.45, 7) is 11.1. The van der Waals surface area contributed by atoms with Gasteiger partial charge in [-0.1, -0.05) is 41.0 Å². The van der Waals surface area contributed by atoms with Crippen molar-refractivity contribution in [3.8, 4) is 0 Å². The maximum atomic E-state index is 4.78. The van der Waals surface area contributed by atoms with Crippen molar-refractivity contribution >= 4 is 11.3 Å². The zero-order valence-corrected chi connectivity index (χ0v) is 12.1.